The number of hydrogen-bond acceptors (Lipinski definition) is 2. The number of rotatable bonds is 7. The predicted molar refractivity (Wildman–Crippen MR) is 77.9 cm³/mol. The first-order valence-corrected chi connectivity index (χ1v) is 8.47. The molecule has 4 unspecified atom stereocenters. The Morgan fingerprint density at radius 3 is 2.37 bits per heavy atom. The van der Waals surface area contributed by atoms with Gasteiger partial charge in [0.1, 0.15) is 5.78 Å². The molecule has 0 aromatic heterocycles. The third-order valence-corrected chi connectivity index (χ3v) is 5.27. The van der Waals surface area contributed by atoms with E-state index < -0.39 is 0 Å². The van der Waals surface area contributed by atoms with Gasteiger partial charge in [-0.05, 0) is 25.2 Å². The molecule has 19 heavy (non-hydrogen) atoms. The first kappa shape index (κ1) is 15.0. The minimum absolute atomic E-state index is 0.0161. The molecule has 2 bridgehead atoms. The van der Waals surface area contributed by atoms with Gasteiger partial charge in [-0.1, -0.05) is 58.3 Å². The zero-order valence-electron chi connectivity index (χ0n) is 12.4. The van der Waals surface area contributed by atoms with Crippen LogP contribution in [0, 0.1) is 17.8 Å². The van der Waals surface area contributed by atoms with Crippen molar-refractivity contribution in [2.45, 2.75) is 83.7 Å². The Hall–Kier alpha value is -0.370. The average molecular weight is 266 g/mol. The van der Waals surface area contributed by atoms with E-state index in [1.807, 2.05) is 0 Å². The maximum absolute atomic E-state index is 12.2. The molecule has 0 aromatic rings. The Labute approximate surface area is 118 Å². The van der Waals surface area contributed by atoms with Crippen molar-refractivity contribution < 1.29 is 9.90 Å². The molecule has 0 heterocycles. The summed E-state index contributed by atoms with van der Waals surface area (Å²) in [6.45, 7) is 2.24. The zero-order chi connectivity index (χ0) is 13.7. The Morgan fingerprint density at radius 1 is 1.00 bits per heavy atom. The summed E-state index contributed by atoms with van der Waals surface area (Å²) in [5.41, 5.74) is 0. The lowest BCUT2D eigenvalue weighted by molar-refractivity contribution is -0.124. The summed E-state index contributed by atoms with van der Waals surface area (Å²) in [5, 5.41) is 10.4. The van der Waals surface area contributed by atoms with Crippen molar-refractivity contribution >= 4 is 5.78 Å². The Balaban J connectivity index is 1.75. The minimum atomic E-state index is -0.326. The normalized spacial score (nSPS) is 34.5. The van der Waals surface area contributed by atoms with Crippen LogP contribution in [0.1, 0.15) is 77.6 Å². The summed E-state index contributed by atoms with van der Waals surface area (Å²) < 4.78 is 0. The van der Waals surface area contributed by atoms with Gasteiger partial charge in [-0.15, -0.1) is 0 Å². The quantitative estimate of drug-likeness (QED) is 0.704. The lowest BCUT2D eigenvalue weighted by Crippen LogP contribution is -2.24. The van der Waals surface area contributed by atoms with Gasteiger partial charge >= 0.3 is 0 Å². The van der Waals surface area contributed by atoms with Crippen LogP contribution >= 0.6 is 0 Å². The molecule has 4 atom stereocenters. The van der Waals surface area contributed by atoms with Crippen molar-refractivity contribution in [3.05, 3.63) is 0 Å². The molecule has 0 aliphatic heterocycles. The summed E-state index contributed by atoms with van der Waals surface area (Å²) in [6, 6.07) is 0. The molecule has 0 aromatic carbocycles. The highest BCUT2D eigenvalue weighted by atomic mass is 16.3. The standard InChI is InChI=1S/C17H30O2/c1-2-3-4-5-6-7-10-13-14-11-8-9-12-15(16(13)18)17(14)19/h13-16,18H,2-12H2,1H3. The van der Waals surface area contributed by atoms with E-state index in [4.69, 9.17) is 0 Å². The van der Waals surface area contributed by atoms with Crippen molar-refractivity contribution in [2.75, 3.05) is 0 Å². The van der Waals surface area contributed by atoms with Gasteiger partial charge in [-0.2, -0.15) is 0 Å². The molecule has 1 N–H and O–H groups in total. The number of fused-ring (bicyclic) bond motifs is 2. The molecule has 2 saturated carbocycles. The van der Waals surface area contributed by atoms with Gasteiger partial charge in [0.2, 0.25) is 0 Å². The number of Topliss-reactive ketones (excluding diaryl/α,β-unsaturated/α-hetero) is 1. The van der Waals surface area contributed by atoms with Crippen LogP contribution in [0.25, 0.3) is 0 Å². The molecule has 0 amide bonds. The molecule has 2 aliphatic carbocycles. The number of aliphatic hydroxyl groups is 1. The van der Waals surface area contributed by atoms with Crippen molar-refractivity contribution in [3.8, 4) is 0 Å². The third kappa shape index (κ3) is 3.59. The Bertz CT molecular complexity index is 287. The van der Waals surface area contributed by atoms with Gasteiger partial charge in [0.15, 0.2) is 0 Å². The third-order valence-electron chi connectivity index (χ3n) is 5.27. The van der Waals surface area contributed by atoms with Crippen LogP contribution in [0.5, 0.6) is 0 Å². The van der Waals surface area contributed by atoms with Crippen molar-refractivity contribution in [3.63, 3.8) is 0 Å². The molecule has 2 fully saturated rings. The minimum Gasteiger partial charge on any atom is -0.392 e. The van der Waals surface area contributed by atoms with Crippen LogP contribution in [0.3, 0.4) is 0 Å². The Kier molecular flexibility index (Phi) is 5.87. The Morgan fingerprint density at radius 2 is 1.63 bits per heavy atom. The maximum Gasteiger partial charge on any atom is 0.142 e. The number of carbonyl (C=O) groups is 1. The SMILES string of the molecule is CCCCCCCCC1C2CCCCC(C2=O)C1O. The fraction of sp³-hybridized carbons (Fsp3) is 0.941. The molecular weight excluding hydrogens is 236 g/mol. The lowest BCUT2D eigenvalue weighted by Gasteiger charge is -2.23. The monoisotopic (exact) mass is 266 g/mol. The molecule has 0 saturated heterocycles. The molecule has 2 aliphatic rings. The summed E-state index contributed by atoms with van der Waals surface area (Å²) in [4.78, 5) is 12.2. The van der Waals surface area contributed by atoms with Crippen LogP contribution < -0.4 is 0 Å². The van der Waals surface area contributed by atoms with Gasteiger partial charge in [0.25, 0.3) is 0 Å². The summed E-state index contributed by atoms with van der Waals surface area (Å²) in [6.07, 6.45) is 12.8. The first-order valence-electron chi connectivity index (χ1n) is 8.47. The van der Waals surface area contributed by atoms with Crippen LogP contribution in [-0.4, -0.2) is 17.0 Å². The van der Waals surface area contributed by atoms with E-state index in [0.29, 0.717) is 5.78 Å². The number of hydrogen-bond donors (Lipinski definition) is 1. The second-order valence-electron chi connectivity index (χ2n) is 6.61. The van der Waals surface area contributed by atoms with Gasteiger partial charge in [0, 0.05) is 11.8 Å². The molecular formula is C17H30O2. The second-order valence-corrected chi connectivity index (χ2v) is 6.61. The molecule has 2 heteroatoms. The van der Waals surface area contributed by atoms with Crippen LogP contribution in [-0.2, 0) is 4.79 Å². The molecule has 110 valence electrons. The van der Waals surface area contributed by atoms with Gasteiger partial charge < -0.3 is 5.11 Å². The van der Waals surface area contributed by atoms with Gasteiger partial charge in [-0.3, -0.25) is 4.79 Å². The average Bonchev–Trinajstić information content (AvgIpc) is 2.55. The largest absolute Gasteiger partial charge is 0.392 e. The van der Waals surface area contributed by atoms with E-state index >= 15 is 0 Å². The van der Waals surface area contributed by atoms with Crippen LogP contribution in [0.4, 0.5) is 0 Å². The van der Waals surface area contributed by atoms with Crippen molar-refractivity contribution in [2.24, 2.45) is 17.8 Å². The van der Waals surface area contributed by atoms with E-state index in [9.17, 15) is 9.90 Å². The lowest BCUT2D eigenvalue weighted by atomic mass is 9.84. The second kappa shape index (κ2) is 7.42. The van der Waals surface area contributed by atoms with Gasteiger partial charge in [0.05, 0.1) is 6.10 Å². The number of carbonyl (C=O) groups excluding carboxylic acids is 1. The van der Waals surface area contributed by atoms with E-state index in [1.165, 1.54) is 44.9 Å². The van der Waals surface area contributed by atoms with E-state index in [1.54, 1.807) is 0 Å². The number of aliphatic hydroxyl groups excluding tert-OH is 1. The van der Waals surface area contributed by atoms with Crippen LogP contribution in [0.2, 0.25) is 0 Å². The zero-order valence-corrected chi connectivity index (χ0v) is 12.4. The van der Waals surface area contributed by atoms with Crippen LogP contribution in [0.15, 0.2) is 0 Å². The summed E-state index contributed by atoms with van der Waals surface area (Å²) >= 11 is 0. The van der Waals surface area contributed by atoms with E-state index in [2.05, 4.69) is 6.92 Å². The number of ketones is 1. The molecule has 2 nitrogen and oxygen atoms in total. The highest BCUT2D eigenvalue weighted by Gasteiger charge is 2.48. The predicted octanol–water partition coefficient (Wildman–Crippen LogP) is 4.10. The van der Waals surface area contributed by atoms with E-state index in [-0.39, 0.29) is 23.9 Å². The molecule has 0 radical (unpaired) electrons. The fourth-order valence-corrected chi connectivity index (χ4v) is 4.12. The van der Waals surface area contributed by atoms with Crippen molar-refractivity contribution in [1.82, 2.24) is 0 Å². The summed E-state index contributed by atoms with van der Waals surface area (Å²) in [7, 11) is 0. The highest BCUT2D eigenvalue weighted by Crippen LogP contribution is 2.44. The molecule has 0 spiro atoms. The summed E-state index contributed by atoms with van der Waals surface area (Å²) in [5.74, 6) is 0.848. The van der Waals surface area contributed by atoms with Gasteiger partial charge in [-0.25, -0.2) is 0 Å². The maximum atomic E-state index is 12.2. The number of unbranched alkanes of at least 4 members (excludes halogenated alkanes) is 5. The topological polar surface area (TPSA) is 37.3 Å². The van der Waals surface area contributed by atoms with Crippen molar-refractivity contribution in [1.29, 1.82) is 0 Å². The van der Waals surface area contributed by atoms with E-state index in [0.717, 1.165) is 25.7 Å². The highest BCUT2D eigenvalue weighted by molar-refractivity contribution is 5.87. The fourth-order valence-electron chi connectivity index (χ4n) is 4.12. The first-order chi connectivity index (χ1) is 9.25. The molecule has 2 rings (SSSR count). The smallest absolute Gasteiger partial charge is 0.142 e.